The van der Waals surface area contributed by atoms with E-state index in [0.717, 1.165) is 10.0 Å². The lowest BCUT2D eigenvalue weighted by atomic mass is 10.2. The first kappa shape index (κ1) is 16.3. The van der Waals surface area contributed by atoms with Gasteiger partial charge in [-0.05, 0) is 30.3 Å². The van der Waals surface area contributed by atoms with E-state index >= 15 is 0 Å². The van der Waals surface area contributed by atoms with Crippen LogP contribution in [-0.2, 0) is 4.79 Å². The quantitative estimate of drug-likeness (QED) is 0.643. The fraction of sp³-hybridized carbons (Fsp3) is 0.176. The highest BCUT2D eigenvalue weighted by molar-refractivity contribution is 9.10. The highest BCUT2D eigenvalue weighted by Crippen LogP contribution is 2.30. The fourth-order valence-electron chi connectivity index (χ4n) is 2.19. The van der Waals surface area contributed by atoms with Gasteiger partial charge in [0.05, 0.1) is 13.3 Å². The molecule has 1 aliphatic heterocycles. The minimum absolute atomic E-state index is 0.137. The van der Waals surface area contributed by atoms with Crippen molar-refractivity contribution in [1.82, 2.24) is 5.43 Å². The fourth-order valence-corrected chi connectivity index (χ4v) is 2.57. The van der Waals surface area contributed by atoms with Crippen LogP contribution in [0.3, 0.4) is 0 Å². The molecule has 0 spiro atoms. The molecule has 2 aromatic rings. The molecule has 1 heterocycles. The van der Waals surface area contributed by atoms with Crippen LogP contribution in [0.5, 0.6) is 17.2 Å². The molecule has 0 bridgehead atoms. The first-order valence-corrected chi connectivity index (χ1v) is 8.01. The molecule has 1 N–H and O–H groups in total. The third kappa shape index (κ3) is 3.68. The second kappa shape index (κ2) is 7.35. The molecule has 1 atom stereocenters. The van der Waals surface area contributed by atoms with Crippen LogP contribution in [0.4, 0.5) is 0 Å². The van der Waals surface area contributed by atoms with E-state index in [9.17, 15) is 4.79 Å². The molecular formula is C17H15BrN2O4. The smallest absolute Gasteiger partial charge is 0.284 e. The van der Waals surface area contributed by atoms with E-state index in [1.807, 2.05) is 30.3 Å². The SMILES string of the molecule is COc1ccc(Br)cc1/C=N\NC(=O)[C@@H]1COc2ccccc2O1. The largest absolute Gasteiger partial charge is 0.496 e. The van der Waals surface area contributed by atoms with Crippen molar-refractivity contribution in [1.29, 1.82) is 0 Å². The molecule has 0 saturated heterocycles. The number of carbonyl (C=O) groups excluding carboxylic acids is 1. The molecule has 6 nitrogen and oxygen atoms in total. The molecule has 24 heavy (non-hydrogen) atoms. The number of benzene rings is 2. The summed E-state index contributed by atoms with van der Waals surface area (Å²) < 4.78 is 17.3. The summed E-state index contributed by atoms with van der Waals surface area (Å²) in [6.07, 6.45) is 0.764. The van der Waals surface area contributed by atoms with E-state index in [1.165, 1.54) is 6.21 Å². The Hall–Kier alpha value is -2.54. The van der Waals surface area contributed by atoms with Gasteiger partial charge < -0.3 is 14.2 Å². The van der Waals surface area contributed by atoms with Crippen molar-refractivity contribution in [3.8, 4) is 17.2 Å². The van der Waals surface area contributed by atoms with E-state index in [-0.39, 0.29) is 12.5 Å². The van der Waals surface area contributed by atoms with Crippen LogP contribution in [0.2, 0.25) is 0 Å². The van der Waals surface area contributed by atoms with Gasteiger partial charge in [0, 0.05) is 10.0 Å². The van der Waals surface area contributed by atoms with Gasteiger partial charge in [0.2, 0.25) is 6.10 Å². The van der Waals surface area contributed by atoms with Crippen molar-refractivity contribution in [2.24, 2.45) is 5.10 Å². The van der Waals surface area contributed by atoms with Crippen molar-refractivity contribution in [3.05, 3.63) is 52.5 Å². The zero-order valence-corrected chi connectivity index (χ0v) is 14.4. The Bertz CT molecular complexity index is 779. The van der Waals surface area contributed by atoms with E-state index < -0.39 is 6.10 Å². The Morgan fingerprint density at radius 2 is 2.12 bits per heavy atom. The average Bonchev–Trinajstić information content (AvgIpc) is 2.61. The molecule has 1 amide bonds. The summed E-state index contributed by atoms with van der Waals surface area (Å²) in [5.41, 5.74) is 3.19. The zero-order valence-electron chi connectivity index (χ0n) is 12.9. The second-order valence-electron chi connectivity index (χ2n) is 4.98. The third-order valence-electron chi connectivity index (χ3n) is 3.37. The maximum Gasteiger partial charge on any atom is 0.284 e. The molecule has 0 aliphatic carbocycles. The molecule has 3 rings (SSSR count). The number of ether oxygens (including phenoxy) is 3. The molecule has 0 radical (unpaired) electrons. The Kier molecular flexibility index (Phi) is 5.00. The summed E-state index contributed by atoms with van der Waals surface area (Å²) in [5.74, 6) is 1.45. The molecule has 7 heteroatoms. The van der Waals surface area contributed by atoms with Crippen LogP contribution in [0, 0.1) is 0 Å². The molecule has 0 saturated carbocycles. The normalized spacial score (nSPS) is 16.0. The number of rotatable bonds is 4. The highest BCUT2D eigenvalue weighted by Gasteiger charge is 2.26. The summed E-state index contributed by atoms with van der Waals surface area (Å²) in [6.45, 7) is 0.137. The van der Waals surface area contributed by atoms with Crippen LogP contribution in [0.15, 0.2) is 52.0 Å². The summed E-state index contributed by atoms with van der Waals surface area (Å²) in [4.78, 5) is 12.1. The topological polar surface area (TPSA) is 69.2 Å². The number of hydrogen-bond acceptors (Lipinski definition) is 5. The minimum atomic E-state index is -0.749. The number of para-hydroxylation sites is 2. The lowest BCUT2D eigenvalue weighted by Gasteiger charge is -2.24. The van der Waals surface area contributed by atoms with Crippen LogP contribution in [-0.4, -0.2) is 31.9 Å². The maximum absolute atomic E-state index is 12.1. The number of hydrogen-bond donors (Lipinski definition) is 1. The van der Waals surface area contributed by atoms with E-state index in [4.69, 9.17) is 14.2 Å². The number of nitrogens with zero attached hydrogens (tertiary/aromatic N) is 1. The minimum Gasteiger partial charge on any atom is -0.496 e. The lowest BCUT2D eigenvalue weighted by molar-refractivity contribution is -0.130. The van der Waals surface area contributed by atoms with Gasteiger partial charge in [-0.15, -0.1) is 0 Å². The van der Waals surface area contributed by atoms with Gasteiger partial charge in [-0.25, -0.2) is 5.43 Å². The van der Waals surface area contributed by atoms with E-state index in [0.29, 0.717) is 17.2 Å². The van der Waals surface area contributed by atoms with Crippen molar-refractivity contribution in [2.45, 2.75) is 6.10 Å². The van der Waals surface area contributed by atoms with E-state index in [1.54, 1.807) is 19.2 Å². The third-order valence-corrected chi connectivity index (χ3v) is 3.86. The number of hydrazone groups is 1. The molecule has 1 aliphatic rings. The Labute approximate surface area is 147 Å². The van der Waals surface area contributed by atoms with Crippen LogP contribution < -0.4 is 19.6 Å². The van der Waals surface area contributed by atoms with Gasteiger partial charge in [0.1, 0.15) is 12.4 Å². The first-order chi connectivity index (χ1) is 11.7. The van der Waals surface area contributed by atoms with E-state index in [2.05, 4.69) is 26.5 Å². The van der Waals surface area contributed by atoms with Crippen molar-refractivity contribution in [2.75, 3.05) is 13.7 Å². The Morgan fingerprint density at radius 3 is 2.92 bits per heavy atom. The molecule has 2 aromatic carbocycles. The number of fused-ring (bicyclic) bond motifs is 1. The molecule has 0 fully saturated rings. The summed E-state index contributed by atoms with van der Waals surface area (Å²) in [6, 6.07) is 12.7. The molecule has 0 unspecified atom stereocenters. The maximum atomic E-state index is 12.1. The average molecular weight is 391 g/mol. The predicted molar refractivity (Wildman–Crippen MR) is 92.8 cm³/mol. The molecular weight excluding hydrogens is 376 g/mol. The number of halogens is 1. The number of amides is 1. The Morgan fingerprint density at radius 1 is 1.33 bits per heavy atom. The van der Waals surface area contributed by atoms with Gasteiger partial charge in [0.25, 0.3) is 5.91 Å². The zero-order chi connectivity index (χ0) is 16.9. The van der Waals surface area contributed by atoms with Crippen molar-refractivity contribution in [3.63, 3.8) is 0 Å². The van der Waals surface area contributed by atoms with Gasteiger partial charge in [-0.1, -0.05) is 28.1 Å². The van der Waals surface area contributed by atoms with Gasteiger partial charge in [0.15, 0.2) is 11.5 Å². The monoisotopic (exact) mass is 390 g/mol. The standard InChI is InChI=1S/C17H15BrN2O4/c1-22-13-7-6-12(18)8-11(13)9-19-20-17(21)16-10-23-14-4-2-3-5-15(14)24-16/h2-9,16H,10H2,1H3,(H,20,21)/b19-9-/t16-/m0/s1. The van der Waals surface area contributed by atoms with Crippen molar-refractivity contribution < 1.29 is 19.0 Å². The van der Waals surface area contributed by atoms with Crippen LogP contribution in [0.1, 0.15) is 5.56 Å². The lowest BCUT2D eigenvalue weighted by Crippen LogP contribution is -2.42. The second-order valence-corrected chi connectivity index (χ2v) is 5.90. The first-order valence-electron chi connectivity index (χ1n) is 7.22. The summed E-state index contributed by atoms with van der Waals surface area (Å²) in [5, 5.41) is 3.96. The summed E-state index contributed by atoms with van der Waals surface area (Å²) >= 11 is 3.38. The number of methoxy groups -OCH3 is 1. The highest BCUT2D eigenvalue weighted by atomic mass is 79.9. The molecule has 0 aromatic heterocycles. The summed E-state index contributed by atoms with van der Waals surface area (Å²) in [7, 11) is 1.57. The van der Waals surface area contributed by atoms with Crippen LogP contribution in [0.25, 0.3) is 0 Å². The molecule has 124 valence electrons. The van der Waals surface area contributed by atoms with Crippen molar-refractivity contribution >= 4 is 28.1 Å². The predicted octanol–water partition coefficient (Wildman–Crippen LogP) is 2.75. The van der Waals surface area contributed by atoms with Gasteiger partial charge in [-0.2, -0.15) is 5.10 Å². The Balaban J connectivity index is 1.63. The van der Waals surface area contributed by atoms with Gasteiger partial charge >= 0.3 is 0 Å². The van der Waals surface area contributed by atoms with Gasteiger partial charge in [-0.3, -0.25) is 4.79 Å². The number of nitrogens with one attached hydrogen (secondary N) is 1. The number of carbonyl (C=O) groups is 1. The van der Waals surface area contributed by atoms with Crippen LogP contribution >= 0.6 is 15.9 Å².